The van der Waals surface area contributed by atoms with Crippen molar-refractivity contribution in [3.63, 3.8) is 0 Å². The van der Waals surface area contributed by atoms with Gasteiger partial charge in [-0.1, -0.05) is 38.2 Å². The molecule has 0 saturated carbocycles. The average Bonchev–Trinajstić information content (AvgIpc) is 2.28. The molecule has 0 saturated heterocycles. The second-order valence-corrected chi connectivity index (χ2v) is 4.89. The summed E-state index contributed by atoms with van der Waals surface area (Å²) in [5.41, 5.74) is 6.89. The standard InChI is InChI=1S/C13H18N2OS/c1-8(2)9(3)15-13(16)11-6-4-10(5-7-11)12(14)17/h4-9H,1-3H3,(H2,14,17)(H,15,16). The molecule has 4 heteroatoms. The first kappa shape index (κ1) is 13.6. The van der Waals surface area contributed by atoms with Crippen LogP contribution in [-0.4, -0.2) is 16.9 Å². The maximum atomic E-state index is 11.9. The summed E-state index contributed by atoms with van der Waals surface area (Å²) in [6, 6.07) is 7.14. The largest absolute Gasteiger partial charge is 0.389 e. The number of nitrogens with one attached hydrogen (secondary N) is 1. The summed E-state index contributed by atoms with van der Waals surface area (Å²) in [5.74, 6) is 0.343. The van der Waals surface area contributed by atoms with Crippen LogP contribution in [0.5, 0.6) is 0 Å². The van der Waals surface area contributed by atoms with E-state index in [9.17, 15) is 4.79 Å². The second kappa shape index (κ2) is 5.77. The van der Waals surface area contributed by atoms with Crippen LogP contribution in [0.25, 0.3) is 0 Å². The molecular formula is C13H18N2OS. The Labute approximate surface area is 107 Å². The number of rotatable bonds is 4. The molecule has 1 rings (SSSR count). The molecule has 0 radical (unpaired) electrons. The summed E-state index contributed by atoms with van der Waals surface area (Å²) in [7, 11) is 0. The minimum absolute atomic E-state index is 0.0688. The molecule has 17 heavy (non-hydrogen) atoms. The Morgan fingerprint density at radius 1 is 1.18 bits per heavy atom. The molecule has 1 aromatic carbocycles. The smallest absolute Gasteiger partial charge is 0.251 e. The van der Waals surface area contributed by atoms with Gasteiger partial charge < -0.3 is 11.1 Å². The van der Waals surface area contributed by atoms with Gasteiger partial charge in [-0.3, -0.25) is 4.79 Å². The summed E-state index contributed by atoms with van der Waals surface area (Å²) < 4.78 is 0. The highest BCUT2D eigenvalue weighted by atomic mass is 32.1. The van der Waals surface area contributed by atoms with E-state index in [1.54, 1.807) is 24.3 Å². The number of benzene rings is 1. The molecule has 1 atom stereocenters. The van der Waals surface area contributed by atoms with Crippen LogP contribution in [0.1, 0.15) is 36.7 Å². The van der Waals surface area contributed by atoms with Gasteiger partial charge in [0.1, 0.15) is 4.99 Å². The fourth-order valence-electron chi connectivity index (χ4n) is 1.24. The first-order valence-corrected chi connectivity index (χ1v) is 6.03. The molecule has 0 aliphatic rings. The zero-order valence-electron chi connectivity index (χ0n) is 10.4. The molecule has 0 fully saturated rings. The van der Waals surface area contributed by atoms with Crippen molar-refractivity contribution in [1.29, 1.82) is 0 Å². The Morgan fingerprint density at radius 2 is 1.65 bits per heavy atom. The molecule has 3 nitrogen and oxygen atoms in total. The molecule has 1 aromatic rings. The van der Waals surface area contributed by atoms with E-state index in [0.717, 1.165) is 5.56 Å². The van der Waals surface area contributed by atoms with Crippen molar-refractivity contribution >= 4 is 23.1 Å². The van der Waals surface area contributed by atoms with E-state index >= 15 is 0 Å². The third-order valence-electron chi connectivity index (χ3n) is 2.79. The van der Waals surface area contributed by atoms with Crippen molar-refractivity contribution in [3.05, 3.63) is 35.4 Å². The Kier molecular flexibility index (Phi) is 4.63. The average molecular weight is 250 g/mol. The summed E-state index contributed by atoms with van der Waals surface area (Å²) in [6.07, 6.45) is 0. The number of carbonyl (C=O) groups excluding carboxylic acids is 1. The van der Waals surface area contributed by atoms with Crippen LogP contribution >= 0.6 is 12.2 Å². The lowest BCUT2D eigenvalue weighted by Gasteiger charge is -2.17. The van der Waals surface area contributed by atoms with E-state index in [2.05, 4.69) is 19.2 Å². The molecule has 0 bridgehead atoms. The van der Waals surface area contributed by atoms with Gasteiger partial charge in [-0.25, -0.2) is 0 Å². The van der Waals surface area contributed by atoms with Crippen LogP contribution in [0.2, 0.25) is 0 Å². The predicted octanol–water partition coefficient (Wildman–Crippen LogP) is 2.10. The molecule has 1 amide bonds. The van der Waals surface area contributed by atoms with E-state index in [1.807, 2.05) is 6.92 Å². The number of carbonyl (C=O) groups is 1. The third kappa shape index (κ3) is 3.82. The molecule has 0 aliphatic carbocycles. The van der Waals surface area contributed by atoms with E-state index in [0.29, 0.717) is 16.5 Å². The Bertz CT molecular complexity index is 412. The summed E-state index contributed by atoms with van der Waals surface area (Å²) in [6.45, 7) is 6.13. The van der Waals surface area contributed by atoms with Gasteiger partial charge in [-0.05, 0) is 25.0 Å². The molecule has 0 aromatic heterocycles. The van der Waals surface area contributed by atoms with Gasteiger partial charge in [0.2, 0.25) is 0 Å². The molecule has 0 heterocycles. The van der Waals surface area contributed by atoms with Gasteiger partial charge in [-0.2, -0.15) is 0 Å². The topological polar surface area (TPSA) is 55.1 Å². The number of amides is 1. The minimum Gasteiger partial charge on any atom is -0.389 e. The summed E-state index contributed by atoms with van der Waals surface area (Å²) in [5, 5.41) is 2.94. The lowest BCUT2D eigenvalue weighted by atomic mass is 10.1. The fraction of sp³-hybridized carbons (Fsp3) is 0.385. The van der Waals surface area contributed by atoms with Crippen LogP contribution in [0.4, 0.5) is 0 Å². The van der Waals surface area contributed by atoms with Gasteiger partial charge in [0, 0.05) is 17.2 Å². The normalized spacial score (nSPS) is 12.2. The monoisotopic (exact) mass is 250 g/mol. The second-order valence-electron chi connectivity index (χ2n) is 4.45. The van der Waals surface area contributed by atoms with Gasteiger partial charge >= 0.3 is 0 Å². The Balaban J connectivity index is 2.73. The number of hydrogen-bond donors (Lipinski definition) is 2. The van der Waals surface area contributed by atoms with Gasteiger partial charge in [0.05, 0.1) is 0 Å². The van der Waals surface area contributed by atoms with Gasteiger partial charge in [-0.15, -0.1) is 0 Å². The maximum absolute atomic E-state index is 11.9. The van der Waals surface area contributed by atoms with Crippen LogP contribution in [0, 0.1) is 5.92 Å². The highest BCUT2D eigenvalue weighted by Gasteiger charge is 2.12. The Hall–Kier alpha value is -1.42. The molecule has 1 unspecified atom stereocenters. The van der Waals surface area contributed by atoms with Gasteiger partial charge in [0.25, 0.3) is 5.91 Å². The predicted molar refractivity (Wildman–Crippen MR) is 74.1 cm³/mol. The summed E-state index contributed by atoms with van der Waals surface area (Å²) in [4.78, 5) is 12.2. The van der Waals surface area contributed by atoms with Crippen molar-refractivity contribution < 1.29 is 4.79 Å². The van der Waals surface area contributed by atoms with Crippen molar-refractivity contribution in [2.24, 2.45) is 11.7 Å². The van der Waals surface area contributed by atoms with E-state index < -0.39 is 0 Å². The molecule has 92 valence electrons. The summed E-state index contributed by atoms with van der Waals surface area (Å²) >= 11 is 4.85. The zero-order chi connectivity index (χ0) is 13.0. The third-order valence-corrected chi connectivity index (χ3v) is 3.03. The fourth-order valence-corrected chi connectivity index (χ4v) is 1.38. The van der Waals surface area contributed by atoms with Crippen LogP contribution in [0.3, 0.4) is 0 Å². The number of thiocarbonyl (C=S) groups is 1. The first-order chi connectivity index (χ1) is 7.91. The van der Waals surface area contributed by atoms with Crippen molar-refractivity contribution in [2.45, 2.75) is 26.8 Å². The van der Waals surface area contributed by atoms with E-state index in [-0.39, 0.29) is 11.9 Å². The van der Waals surface area contributed by atoms with Gasteiger partial charge in [0.15, 0.2) is 0 Å². The Morgan fingerprint density at radius 3 is 2.06 bits per heavy atom. The van der Waals surface area contributed by atoms with Crippen molar-refractivity contribution in [2.75, 3.05) is 0 Å². The highest BCUT2D eigenvalue weighted by Crippen LogP contribution is 2.06. The molecule has 3 N–H and O–H groups in total. The van der Waals surface area contributed by atoms with E-state index in [1.165, 1.54) is 0 Å². The lowest BCUT2D eigenvalue weighted by molar-refractivity contribution is 0.0930. The number of hydrogen-bond acceptors (Lipinski definition) is 2. The SMILES string of the molecule is CC(C)C(C)NC(=O)c1ccc(C(N)=S)cc1. The van der Waals surface area contributed by atoms with Crippen molar-refractivity contribution in [3.8, 4) is 0 Å². The number of nitrogens with two attached hydrogens (primary N) is 1. The minimum atomic E-state index is -0.0688. The molecule has 0 spiro atoms. The van der Waals surface area contributed by atoms with Crippen LogP contribution in [0.15, 0.2) is 24.3 Å². The van der Waals surface area contributed by atoms with E-state index in [4.69, 9.17) is 18.0 Å². The molecular weight excluding hydrogens is 232 g/mol. The quantitative estimate of drug-likeness (QED) is 0.805. The van der Waals surface area contributed by atoms with Crippen molar-refractivity contribution in [1.82, 2.24) is 5.32 Å². The maximum Gasteiger partial charge on any atom is 0.251 e. The van der Waals surface area contributed by atoms with Crippen LogP contribution in [-0.2, 0) is 0 Å². The highest BCUT2D eigenvalue weighted by molar-refractivity contribution is 7.80. The lowest BCUT2D eigenvalue weighted by Crippen LogP contribution is -2.36. The first-order valence-electron chi connectivity index (χ1n) is 5.62. The molecule has 0 aliphatic heterocycles. The van der Waals surface area contributed by atoms with Crippen LogP contribution < -0.4 is 11.1 Å². The zero-order valence-corrected chi connectivity index (χ0v) is 11.2.